The molecule has 0 bridgehead atoms. The minimum Gasteiger partial charge on any atom is -0.492 e. The van der Waals surface area contributed by atoms with Crippen molar-refractivity contribution < 1.29 is 4.74 Å². The lowest BCUT2D eigenvalue weighted by molar-refractivity contribution is 0.291. The molecule has 0 radical (unpaired) electrons. The molecule has 0 saturated heterocycles. The summed E-state index contributed by atoms with van der Waals surface area (Å²) in [6.07, 6.45) is 4.13. The summed E-state index contributed by atoms with van der Waals surface area (Å²) in [5.41, 5.74) is 6.35. The van der Waals surface area contributed by atoms with Crippen LogP contribution in [0.2, 0.25) is 0 Å². The Morgan fingerprint density at radius 1 is 1.33 bits per heavy atom. The minimum atomic E-state index is 0.169. The maximum Gasteiger partial charge on any atom is 0.119 e. The van der Waals surface area contributed by atoms with Crippen molar-refractivity contribution in [1.29, 1.82) is 5.41 Å². The van der Waals surface area contributed by atoms with Gasteiger partial charge in [-0.15, -0.1) is 0 Å². The van der Waals surface area contributed by atoms with Crippen molar-refractivity contribution in [2.24, 2.45) is 5.73 Å². The molecular formula is C13H16N4O. The van der Waals surface area contributed by atoms with Gasteiger partial charge in [-0.25, -0.2) is 0 Å². The number of amidine groups is 1. The average molecular weight is 244 g/mol. The molecule has 0 unspecified atom stereocenters. The summed E-state index contributed by atoms with van der Waals surface area (Å²) in [7, 11) is 0. The van der Waals surface area contributed by atoms with Crippen LogP contribution < -0.4 is 10.5 Å². The van der Waals surface area contributed by atoms with Crippen molar-refractivity contribution in [2.75, 3.05) is 6.61 Å². The third-order valence-corrected chi connectivity index (χ3v) is 2.47. The molecule has 2 aromatic rings. The SMILES string of the molecule is N=C(N)Cc1ccc(OCCn2cccn2)cc1. The lowest BCUT2D eigenvalue weighted by Gasteiger charge is -2.07. The number of ether oxygens (including phenoxy) is 1. The Labute approximate surface area is 106 Å². The van der Waals surface area contributed by atoms with E-state index in [9.17, 15) is 0 Å². The van der Waals surface area contributed by atoms with Crippen molar-refractivity contribution in [3.63, 3.8) is 0 Å². The highest BCUT2D eigenvalue weighted by Crippen LogP contribution is 2.12. The second-order valence-electron chi connectivity index (χ2n) is 3.96. The highest BCUT2D eigenvalue weighted by Gasteiger charge is 1.98. The highest BCUT2D eigenvalue weighted by atomic mass is 16.5. The van der Waals surface area contributed by atoms with Gasteiger partial charge in [0.2, 0.25) is 0 Å². The van der Waals surface area contributed by atoms with E-state index in [4.69, 9.17) is 15.9 Å². The van der Waals surface area contributed by atoms with Gasteiger partial charge >= 0.3 is 0 Å². The number of hydrogen-bond acceptors (Lipinski definition) is 3. The maximum atomic E-state index is 7.21. The number of nitrogens with two attached hydrogens (primary N) is 1. The fourth-order valence-electron chi connectivity index (χ4n) is 1.61. The first kappa shape index (κ1) is 12.2. The van der Waals surface area contributed by atoms with E-state index in [0.29, 0.717) is 13.0 Å². The Bertz CT molecular complexity index is 490. The standard InChI is InChI=1S/C13H16N4O/c14-13(15)10-11-2-4-12(5-3-11)18-9-8-17-7-1-6-16-17/h1-7H,8-10H2,(H3,14,15). The van der Waals surface area contributed by atoms with E-state index in [-0.39, 0.29) is 5.84 Å². The number of nitrogens with zero attached hydrogens (tertiary/aromatic N) is 2. The van der Waals surface area contributed by atoms with Crippen LogP contribution in [0.25, 0.3) is 0 Å². The number of aromatic nitrogens is 2. The Hall–Kier alpha value is -2.30. The van der Waals surface area contributed by atoms with Gasteiger partial charge in [-0.2, -0.15) is 5.10 Å². The van der Waals surface area contributed by atoms with Gasteiger partial charge < -0.3 is 10.5 Å². The molecule has 0 aliphatic carbocycles. The van der Waals surface area contributed by atoms with E-state index in [1.54, 1.807) is 6.20 Å². The predicted octanol–water partition coefficient (Wildman–Crippen LogP) is 1.44. The van der Waals surface area contributed by atoms with E-state index in [1.165, 1.54) is 0 Å². The molecule has 0 saturated carbocycles. The third kappa shape index (κ3) is 3.62. The maximum absolute atomic E-state index is 7.21. The molecule has 18 heavy (non-hydrogen) atoms. The number of hydrogen-bond donors (Lipinski definition) is 2. The summed E-state index contributed by atoms with van der Waals surface area (Å²) >= 11 is 0. The molecule has 5 nitrogen and oxygen atoms in total. The van der Waals surface area contributed by atoms with Gasteiger partial charge in [0.05, 0.1) is 12.4 Å². The monoisotopic (exact) mass is 244 g/mol. The molecule has 1 aromatic carbocycles. The van der Waals surface area contributed by atoms with E-state index in [0.717, 1.165) is 17.9 Å². The Kier molecular flexibility index (Phi) is 3.96. The molecule has 94 valence electrons. The topological polar surface area (TPSA) is 76.9 Å². The Morgan fingerprint density at radius 2 is 2.11 bits per heavy atom. The molecule has 5 heteroatoms. The minimum absolute atomic E-state index is 0.169. The van der Waals surface area contributed by atoms with E-state index >= 15 is 0 Å². The zero-order chi connectivity index (χ0) is 12.8. The summed E-state index contributed by atoms with van der Waals surface area (Å²) in [4.78, 5) is 0. The van der Waals surface area contributed by atoms with Crippen LogP contribution in [-0.4, -0.2) is 22.2 Å². The molecular weight excluding hydrogens is 228 g/mol. The van der Waals surface area contributed by atoms with Crippen molar-refractivity contribution in [2.45, 2.75) is 13.0 Å². The average Bonchev–Trinajstić information content (AvgIpc) is 2.84. The normalized spacial score (nSPS) is 10.2. The van der Waals surface area contributed by atoms with Crippen LogP contribution in [0.5, 0.6) is 5.75 Å². The smallest absolute Gasteiger partial charge is 0.119 e. The largest absolute Gasteiger partial charge is 0.492 e. The Balaban J connectivity index is 1.81. The quantitative estimate of drug-likeness (QED) is 0.596. The predicted molar refractivity (Wildman–Crippen MR) is 69.8 cm³/mol. The third-order valence-electron chi connectivity index (χ3n) is 2.47. The van der Waals surface area contributed by atoms with Gasteiger partial charge in [-0.3, -0.25) is 10.1 Å². The molecule has 3 N–H and O–H groups in total. The van der Waals surface area contributed by atoms with Gasteiger partial charge in [0.15, 0.2) is 0 Å². The van der Waals surface area contributed by atoms with Crippen LogP contribution in [-0.2, 0) is 13.0 Å². The van der Waals surface area contributed by atoms with Gasteiger partial charge in [0, 0.05) is 18.8 Å². The second-order valence-corrected chi connectivity index (χ2v) is 3.96. The van der Waals surface area contributed by atoms with Crippen LogP contribution in [0, 0.1) is 5.41 Å². The fourth-order valence-corrected chi connectivity index (χ4v) is 1.61. The summed E-state index contributed by atoms with van der Waals surface area (Å²) in [5.74, 6) is 0.983. The molecule has 0 fully saturated rings. The Morgan fingerprint density at radius 3 is 2.72 bits per heavy atom. The van der Waals surface area contributed by atoms with Crippen molar-refractivity contribution in [3.05, 3.63) is 48.3 Å². The molecule has 0 aliphatic rings. The molecule has 2 rings (SSSR count). The van der Waals surface area contributed by atoms with Gasteiger partial charge in [0.1, 0.15) is 12.4 Å². The van der Waals surface area contributed by atoms with Crippen molar-refractivity contribution in [1.82, 2.24) is 9.78 Å². The van der Waals surface area contributed by atoms with Crippen LogP contribution in [0.1, 0.15) is 5.56 Å². The molecule has 1 heterocycles. The fraction of sp³-hybridized carbons (Fsp3) is 0.231. The number of rotatable bonds is 6. The van der Waals surface area contributed by atoms with Crippen LogP contribution >= 0.6 is 0 Å². The van der Waals surface area contributed by atoms with Crippen molar-refractivity contribution >= 4 is 5.84 Å². The van der Waals surface area contributed by atoms with Crippen LogP contribution in [0.4, 0.5) is 0 Å². The van der Waals surface area contributed by atoms with Crippen LogP contribution in [0.15, 0.2) is 42.7 Å². The zero-order valence-corrected chi connectivity index (χ0v) is 10.0. The highest BCUT2D eigenvalue weighted by molar-refractivity contribution is 5.79. The van der Waals surface area contributed by atoms with Gasteiger partial charge in [-0.1, -0.05) is 12.1 Å². The zero-order valence-electron chi connectivity index (χ0n) is 10.0. The lowest BCUT2D eigenvalue weighted by Crippen LogP contribution is -2.12. The number of benzene rings is 1. The van der Waals surface area contributed by atoms with Crippen molar-refractivity contribution in [3.8, 4) is 5.75 Å². The first-order valence-electron chi connectivity index (χ1n) is 5.76. The van der Waals surface area contributed by atoms with Gasteiger partial charge in [0.25, 0.3) is 0 Å². The molecule has 0 spiro atoms. The van der Waals surface area contributed by atoms with E-state index in [1.807, 2.05) is 41.2 Å². The lowest BCUT2D eigenvalue weighted by atomic mass is 10.1. The molecule has 1 aromatic heterocycles. The van der Waals surface area contributed by atoms with E-state index < -0.39 is 0 Å². The summed E-state index contributed by atoms with van der Waals surface area (Å²) < 4.78 is 7.42. The van der Waals surface area contributed by atoms with Gasteiger partial charge in [-0.05, 0) is 23.8 Å². The summed E-state index contributed by atoms with van der Waals surface area (Å²) in [6, 6.07) is 9.51. The summed E-state index contributed by atoms with van der Waals surface area (Å²) in [6.45, 7) is 1.30. The molecule has 0 amide bonds. The second kappa shape index (κ2) is 5.86. The van der Waals surface area contributed by atoms with E-state index in [2.05, 4.69) is 5.10 Å². The molecule has 0 atom stereocenters. The summed E-state index contributed by atoms with van der Waals surface area (Å²) in [5, 5.41) is 11.3. The first-order valence-corrected chi connectivity index (χ1v) is 5.76. The number of nitrogens with one attached hydrogen (secondary N) is 1. The molecule has 0 aliphatic heterocycles. The first-order chi connectivity index (χ1) is 8.74. The van der Waals surface area contributed by atoms with Crippen LogP contribution in [0.3, 0.4) is 0 Å².